The molecule has 0 bridgehead atoms. The lowest BCUT2D eigenvalue weighted by atomic mass is 10.0. The van der Waals surface area contributed by atoms with E-state index in [0.717, 1.165) is 45.6 Å². The van der Waals surface area contributed by atoms with E-state index in [4.69, 9.17) is 4.74 Å². The quantitative estimate of drug-likeness (QED) is 0.705. The molecule has 0 aromatic heterocycles. The summed E-state index contributed by atoms with van der Waals surface area (Å²) in [4.78, 5) is 30.5. The Hall–Kier alpha value is -1.14. The number of piperazine rings is 1. The van der Waals surface area contributed by atoms with Gasteiger partial charge in [0.25, 0.3) is 0 Å². The summed E-state index contributed by atoms with van der Waals surface area (Å²) < 4.78 is 5.18. The Morgan fingerprint density at radius 1 is 1.00 bits per heavy atom. The van der Waals surface area contributed by atoms with Gasteiger partial charge in [-0.3, -0.25) is 19.4 Å². The van der Waals surface area contributed by atoms with Crippen molar-refractivity contribution in [2.24, 2.45) is 0 Å². The Kier molecular flexibility index (Phi) is 6.84. The molecule has 0 aromatic rings. The van der Waals surface area contributed by atoms with Gasteiger partial charge in [0.2, 0.25) is 5.91 Å². The topological polar surface area (TPSA) is 53.1 Å². The highest BCUT2D eigenvalue weighted by Gasteiger charge is 2.26. The van der Waals surface area contributed by atoms with Gasteiger partial charge in [0, 0.05) is 38.8 Å². The van der Waals surface area contributed by atoms with E-state index >= 15 is 0 Å². The molecule has 0 aliphatic carbocycles. The van der Waals surface area contributed by atoms with Crippen LogP contribution in [0.2, 0.25) is 0 Å². The third-order valence-electron chi connectivity index (χ3n) is 4.67. The zero-order chi connectivity index (χ0) is 16.8. The molecule has 132 valence electrons. The predicted octanol–water partition coefficient (Wildman–Crippen LogP) is 0.957. The van der Waals surface area contributed by atoms with Gasteiger partial charge < -0.3 is 9.64 Å². The number of ether oxygens (including phenoxy) is 1. The van der Waals surface area contributed by atoms with Crippen LogP contribution in [0.3, 0.4) is 0 Å². The Balaban J connectivity index is 1.70. The second kappa shape index (κ2) is 8.64. The molecule has 2 aliphatic rings. The van der Waals surface area contributed by atoms with Gasteiger partial charge in [-0.2, -0.15) is 0 Å². The zero-order valence-corrected chi connectivity index (χ0v) is 14.8. The number of likely N-dealkylation sites (tertiary alicyclic amines) is 1. The SMILES string of the molecule is CC(C)OC(=O)CN1CCN(CC(=O)N2CCCCC2C)CC1. The first kappa shape index (κ1) is 18.2. The van der Waals surface area contributed by atoms with Crippen LogP contribution in [0.4, 0.5) is 0 Å². The molecule has 1 amide bonds. The first-order chi connectivity index (χ1) is 11.0. The average molecular weight is 325 g/mol. The maximum Gasteiger partial charge on any atom is 0.320 e. The normalized spacial score (nSPS) is 24.0. The molecule has 2 heterocycles. The summed E-state index contributed by atoms with van der Waals surface area (Å²) in [6, 6.07) is 0.378. The fraction of sp³-hybridized carbons (Fsp3) is 0.882. The van der Waals surface area contributed by atoms with Crippen molar-refractivity contribution >= 4 is 11.9 Å². The van der Waals surface area contributed by atoms with E-state index in [9.17, 15) is 9.59 Å². The summed E-state index contributed by atoms with van der Waals surface area (Å²) in [6.07, 6.45) is 3.42. The van der Waals surface area contributed by atoms with Crippen molar-refractivity contribution < 1.29 is 14.3 Å². The Bertz CT molecular complexity index is 406. The summed E-state index contributed by atoms with van der Waals surface area (Å²) >= 11 is 0. The van der Waals surface area contributed by atoms with Crippen molar-refractivity contribution in [2.75, 3.05) is 45.8 Å². The smallest absolute Gasteiger partial charge is 0.320 e. The van der Waals surface area contributed by atoms with Gasteiger partial charge in [0.05, 0.1) is 19.2 Å². The number of nitrogens with zero attached hydrogens (tertiary/aromatic N) is 3. The molecule has 1 atom stereocenters. The van der Waals surface area contributed by atoms with Crippen LogP contribution in [0.15, 0.2) is 0 Å². The minimum Gasteiger partial charge on any atom is -0.462 e. The predicted molar refractivity (Wildman–Crippen MR) is 89.1 cm³/mol. The fourth-order valence-corrected chi connectivity index (χ4v) is 3.34. The Labute approximate surface area is 139 Å². The average Bonchev–Trinajstić information content (AvgIpc) is 2.48. The van der Waals surface area contributed by atoms with Crippen LogP contribution in [0.25, 0.3) is 0 Å². The number of rotatable bonds is 5. The molecule has 2 aliphatic heterocycles. The molecule has 23 heavy (non-hydrogen) atoms. The maximum atomic E-state index is 12.5. The highest BCUT2D eigenvalue weighted by molar-refractivity contribution is 5.78. The van der Waals surface area contributed by atoms with Crippen LogP contribution < -0.4 is 0 Å². The van der Waals surface area contributed by atoms with Crippen molar-refractivity contribution in [3.8, 4) is 0 Å². The molecule has 2 rings (SSSR count). The van der Waals surface area contributed by atoms with Gasteiger partial charge in [0.1, 0.15) is 0 Å². The summed E-state index contributed by atoms with van der Waals surface area (Å²) in [6.45, 7) is 10.9. The van der Waals surface area contributed by atoms with Crippen molar-refractivity contribution in [2.45, 2.75) is 52.2 Å². The van der Waals surface area contributed by atoms with Gasteiger partial charge in [-0.25, -0.2) is 0 Å². The third-order valence-corrected chi connectivity index (χ3v) is 4.67. The number of hydrogen-bond acceptors (Lipinski definition) is 5. The third kappa shape index (κ3) is 5.77. The van der Waals surface area contributed by atoms with Gasteiger partial charge in [-0.1, -0.05) is 0 Å². The first-order valence-corrected chi connectivity index (χ1v) is 8.89. The van der Waals surface area contributed by atoms with Crippen molar-refractivity contribution in [1.29, 1.82) is 0 Å². The molecular weight excluding hydrogens is 294 g/mol. The highest BCUT2D eigenvalue weighted by Crippen LogP contribution is 2.17. The number of carbonyl (C=O) groups is 2. The lowest BCUT2D eigenvalue weighted by molar-refractivity contribution is -0.149. The molecule has 0 N–H and O–H groups in total. The zero-order valence-electron chi connectivity index (χ0n) is 14.8. The minimum absolute atomic E-state index is 0.0621. The van der Waals surface area contributed by atoms with E-state index in [1.165, 1.54) is 6.42 Å². The largest absolute Gasteiger partial charge is 0.462 e. The maximum absolute atomic E-state index is 12.5. The van der Waals surface area contributed by atoms with Crippen LogP contribution in [0.1, 0.15) is 40.0 Å². The summed E-state index contributed by atoms with van der Waals surface area (Å²) in [5.74, 6) is 0.0940. The van der Waals surface area contributed by atoms with E-state index in [1.54, 1.807) is 0 Å². The lowest BCUT2D eigenvalue weighted by Crippen LogP contribution is -2.52. The van der Waals surface area contributed by atoms with Crippen molar-refractivity contribution in [3.05, 3.63) is 0 Å². The van der Waals surface area contributed by atoms with E-state index in [1.807, 2.05) is 18.7 Å². The van der Waals surface area contributed by atoms with Crippen LogP contribution in [-0.2, 0) is 14.3 Å². The lowest BCUT2D eigenvalue weighted by Gasteiger charge is -2.37. The van der Waals surface area contributed by atoms with E-state index in [2.05, 4.69) is 16.7 Å². The molecule has 0 saturated carbocycles. The van der Waals surface area contributed by atoms with Gasteiger partial charge in [-0.05, 0) is 40.0 Å². The second-order valence-electron chi connectivity index (χ2n) is 7.02. The van der Waals surface area contributed by atoms with Crippen LogP contribution >= 0.6 is 0 Å². The van der Waals surface area contributed by atoms with E-state index in [0.29, 0.717) is 19.1 Å². The Morgan fingerprint density at radius 2 is 1.61 bits per heavy atom. The van der Waals surface area contributed by atoms with E-state index < -0.39 is 0 Å². The molecule has 0 spiro atoms. The van der Waals surface area contributed by atoms with Gasteiger partial charge in [-0.15, -0.1) is 0 Å². The molecule has 6 heteroatoms. The summed E-state index contributed by atoms with van der Waals surface area (Å²) in [7, 11) is 0. The van der Waals surface area contributed by atoms with Crippen molar-refractivity contribution in [1.82, 2.24) is 14.7 Å². The molecule has 1 unspecified atom stereocenters. The molecular formula is C17H31N3O3. The second-order valence-corrected chi connectivity index (χ2v) is 7.02. The first-order valence-electron chi connectivity index (χ1n) is 8.89. The minimum atomic E-state index is -0.160. The fourth-order valence-electron chi connectivity index (χ4n) is 3.34. The van der Waals surface area contributed by atoms with Crippen LogP contribution in [-0.4, -0.2) is 84.5 Å². The van der Waals surface area contributed by atoms with Crippen LogP contribution in [0.5, 0.6) is 0 Å². The molecule has 0 radical (unpaired) electrons. The summed E-state index contributed by atoms with van der Waals surface area (Å²) in [5.41, 5.74) is 0. The number of piperidine rings is 1. The Morgan fingerprint density at radius 3 is 2.17 bits per heavy atom. The number of esters is 1. The van der Waals surface area contributed by atoms with Crippen LogP contribution in [0, 0.1) is 0 Å². The number of carbonyl (C=O) groups excluding carboxylic acids is 2. The monoisotopic (exact) mass is 325 g/mol. The molecule has 6 nitrogen and oxygen atoms in total. The van der Waals surface area contributed by atoms with Gasteiger partial charge in [0.15, 0.2) is 0 Å². The standard InChI is InChI=1S/C17H31N3O3/c1-14(2)23-17(22)13-19-10-8-18(9-11-19)12-16(21)20-7-5-4-6-15(20)3/h14-15H,4-13H2,1-3H3. The van der Waals surface area contributed by atoms with Gasteiger partial charge >= 0.3 is 5.97 Å². The number of amides is 1. The summed E-state index contributed by atoms with van der Waals surface area (Å²) in [5, 5.41) is 0. The molecule has 0 aromatic carbocycles. The number of hydrogen-bond donors (Lipinski definition) is 0. The molecule has 2 saturated heterocycles. The molecule has 2 fully saturated rings. The van der Waals surface area contributed by atoms with Crippen molar-refractivity contribution in [3.63, 3.8) is 0 Å². The van der Waals surface area contributed by atoms with E-state index in [-0.39, 0.29) is 18.0 Å². The highest BCUT2D eigenvalue weighted by atomic mass is 16.5.